The first-order valence-corrected chi connectivity index (χ1v) is 11.4. The van der Waals surface area contributed by atoms with Gasteiger partial charge in [-0.05, 0) is 53.6 Å². The number of carbonyl (C=O) groups is 2. The van der Waals surface area contributed by atoms with Crippen molar-refractivity contribution in [3.05, 3.63) is 99.6 Å². The number of likely N-dealkylation sites (tertiary alicyclic amines) is 1. The Morgan fingerprint density at radius 2 is 1.73 bits per heavy atom. The number of aliphatic hydroxyl groups excluding tert-OH is 1. The van der Waals surface area contributed by atoms with Crippen LogP contribution in [0.15, 0.2) is 72.3 Å². The molecule has 0 aliphatic carbocycles. The van der Waals surface area contributed by atoms with Crippen LogP contribution in [0.1, 0.15) is 28.3 Å². The van der Waals surface area contributed by atoms with Crippen LogP contribution in [0.2, 0.25) is 5.02 Å². The minimum atomic E-state index is -4.58. The summed E-state index contributed by atoms with van der Waals surface area (Å²) in [6.07, 6.45) is -4.58. The molecule has 0 bridgehead atoms. The summed E-state index contributed by atoms with van der Waals surface area (Å²) in [6.45, 7) is -0.308. The second kappa shape index (κ2) is 10.2. The Morgan fingerprint density at radius 1 is 1.00 bits per heavy atom. The summed E-state index contributed by atoms with van der Waals surface area (Å²) < 4.78 is 50.3. The fraction of sp³-hybridized carbons (Fsp3) is 0.185. The van der Waals surface area contributed by atoms with E-state index in [-0.39, 0.29) is 34.0 Å². The highest BCUT2D eigenvalue weighted by Gasteiger charge is 2.46. The number of halogens is 4. The molecule has 4 rings (SSSR count). The maximum Gasteiger partial charge on any atom is 0.416 e. The molecule has 1 saturated heterocycles. The van der Waals surface area contributed by atoms with Gasteiger partial charge in [0.2, 0.25) is 0 Å². The Balaban J connectivity index is 1.87. The Kier molecular flexibility index (Phi) is 7.18. The molecule has 1 aliphatic rings. The topological polar surface area (TPSA) is 76.1 Å². The predicted molar refractivity (Wildman–Crippen MR) is 130 cm³/mol. The highest BCUT2D eigenvalue weighted by molar-refractivity contribution is 6.46. The number of hydrogen-bond acceptors (Lipinski definition) is 5. The van der Waals surface area contributed by atoms with Gasteiger partial charge in [-0.15, -0.1) is 0 Å². The molecule has 1 atom stereocenters. The van der Waals surface area contributed by atoms with Crippen molar-refractivity contribution in [2.75, 3.05) is 14.2 Å². The van der Waals surface area contributed by atoms with Crippen LogP contribution in [-0.4, -0.2) is 35.9 Å². The number of ketones is 1. The lowest BCUT2D eigenvalue weighted by Crippen LogP contribution is -2.29. The summed E-state index contributed by atoms with van der Waals surface area (Å²) in [4.78, 5) is 27.5. The third-order valence-electron chi connectivity index (χ3n) is 5.98. The maximum atomic E-state index is 13.3. The SMILES string of the molecule is COc1cccc(C2/C(=C(\O)c3ccc(Cl)c(OC)c3)C(=O)C(=O)N2Cc2cccc(C(F)(F)F)c2)c1. The van der Waals surface area contributed by atoms with Crippen molar-refractivity contribution in [3.63, 3.8) is 0 Å². The van der Waals surface area contributed by atoms with Crippen LogP contribution in [0.4, 0.5) is 13.2 Å². The number of carbonyl (C=O) groups excluding carboxylic acids is 2. The molecule has 0 saturated carbocycles. The van der Waals surface area contributed by atoms with Gasteiger partial charge in [0.1, 0.15) is 17.3 Å². The van der Waals surface area contributed by atoms with Crippen LogP contribution in [0.3, 0.4) is 0 Å². The number of Topliss-reactive ketones (excluding diaryl/α,β-unsaturated/α-hetero) is 1. The van der Waals surface area contributed by atoms with Crippen LogP contribution < -0.4 is 9.47 Å². The van der Waals surface area contributed by atoms with E-state index in [1.807, 2.05) is 0 Å². The van der Waals surface area contributed by atoms with E-state index in [0.29, 0.717) is 11.3 Å². The molecule has 0 radical (unpaired) electrons. The molecule has 1 fully saturated rings. The quantitative estimate of drug-likeness (QED) is 0.240. The third-order valence-corrected chi connectivity index (χ3v) is 6.29. The molecule has 0 aromatic heterocycles. The van der Waals surface area contributed by atoms with Crippen LogP contribution in [0, 0.1) is 0 Å². The Labute approximate surface area is 215 Å². The lowest BCUT2D eigenvalue weighted by atomic mass is 9.95. The summed E-state index contributed by atoms with van der Waals surface area (Å²) in [5.41, 5.74) is -0.348. The highest BCUT2D eigenvalue weighted by Crippen LogP contribution is 2.42. The fourth-order valence-corrected chi connectivity index (χ4v) is 4.40. The zero-order valence-corrected chi connectivity index (χ0v) is 20.4. The van der Waals surface area contributed by atoms with Gasteiger partial charge in [0.25, 0.3) is 11.7 Å². The Hall–Kier alpha value is -3.98. The van der Waals surface area contributed by atoms with Gasteiger partial charge in [-0.1, -0.05) is 35.9 Å². The highest BCUT2D eigenvalue weighted by atomic mass is 35.5. The molecule has 1 heterocycles. The van der Waals surface area contributed by atoms with E-state index in [2.05, 4.69) is 0 Å². The predicted octanol–water partition coefficient (Wildman–Crippen LogP) is 6.00. The standard InChI is InChI=1S/C27H21ClF3NO5/c1-36-19-8-4-6-16(12-19)23-22(24(33)17-9-10-20(28)21(13-17)37-2)25(34)26(35)32(23)14-15-5-3-7-18(11-15)27(29,30)31/h3-13,23,33H,14H2,1-2H3/b24-22+. The fourth-order valence-electron chi connectivity index (χ4n) is 4.21. The first kappa shape index (κ1) is 26.1. The molecule has 10 heteroatoms. The second-order valence-corrected chi connectivity index (χ2v) is 8.66. The minimum Gasteiger partial charge on any atom is -0.507 e. The smallest absolute Gasteiger partial charge is 0.416 e. The van der Waals surface area contributed by atoms with Gasteiger partial charge in [-0.3, -0.25) is 9.59 Å². The van der Waals surface area contributed by atoms with Gasteiger partial charge in [-0.25, -0.2) is 0 Å². The average Bonchev–Trinajstić information content (AvgIpc) is 3.13. The largest absolute Gasteiger partial charge is 0.507 e. The molecule has 6 nitrogen and oxygen atoms in total. The minimum absolute atomic E-state index is 0.165. The lowest BCUT2D eigenvalue weighted by Gasteiger charge is -2.26. The number of aliphatic hydroxyl groups is 1. The van der Waals surface area contributed by atoms with Crippen molar-refractivity contribution in [3.8, 4) is 11.5 Å². The van der Waals surface area contributed by atoms with Crippen LogP contribution in [0.25, 0.3) is 5.76 Å². The van der Waals surface area contributed by atoms with E-state index >= 15 is 0 Å². The molecule has 1 amide bonds. The molecule has 3 aromatic carbocycles. The Bertz CT molecular complexity index is 1400. The number of amides is 1. The number of alkyl halides is 3. The van der Waals surface area contributed by atoms with E-state index in [0.717, 1.165) is 17.0 Å². The van der Waals surface area contributed by atoms with Crippen molar-refractivity contribution < 1.29 is 37.3 Å². The van der Waals surface area contributed by atoms with Crippen molar-refractivity contribution >= 4 is 29.1 Å². The van der Waals surface area contributed by atoms with E-state index in [9.17, 15) is 27.9 Å². The number of benzene rings is 3. The molecule has 1 aliphatic heterocycles. The molecule has 0 spiro atoms. The van der Waals surface area contributed by atoms with Gasteiger partial charge in [0, 0.05) is 12.1 Å². The van der Waals surface area contributed by atoms with Crippen LogP contribution in [0.5, 0.6) is 11.5 Å². The molecule has 192 valence electrons. The average molecular weight is 532 g/mol. The van der Waals surface area contributed by atoms with Gasteiger partial charge in [-0.2, -0.15) is 13.2 Å². The molecule has 1 unspecified atom stereocenters. The summed E-state index contributed by atoms with van der Waals surface area (Å²) in [5, 5.41) is 11.5. The molecule has 3 aromatic rings. The lowest BCUT2D eigenvalue weighted by molar-refractivity contribution is -0.140. The first-order valence-electron chi connectivity index (χ1n) is 11.0. The van der Waals surface area contributed by atoms with Gasteiger partial charge in [0.05, 0.1) is 36.4 Å². The normalized spacial score (nSPS) is 17.2. The Morgan fingerprint density at radius 3 is 2.41 bits per heavy atom. The van der Waals surface area contributed by atoms with E-state index in [1.165, 1.54) is 44.6 Å². The van der Waals surface area contributed by atoms with Gasteiger partial charge >= 0.3 is 6.18 Å². The second-order valence-electron chi connectivity index (χ2n) is 8.25. The number of methoxy groups -OCH3 is 2. The van der Waals surface area contributed by atoms with Gasteiger partial charge < -0.3 is 19.5 Å². The van der Waals surface area contributed by atoms with Crippen molar-refractivity contribution in [1.82, 2.24) is 4.90 Å². The third kappa shape index (κ3) is 5.13. The number of ether oxygens (including phenoxy) is 2. The zero-order valence-electron chi connectivity index (χ0n) is 19.7. The van der Waals surface area contributed by atoms with Gasteiger partial charge in [0.15, 0.2) is 0 Å². The van der Waals surface area contributed by atoms with Crippen LogP contribution >= 0.6 is 11.6 Å². The zero-order chi connectivity index (χ0) is 26.9. The van der Waals surface area contributed by atoms with Crippen molar-refractivity contribution in [1.29, 1.82) is 0 Å². The monoisotopic (exact) mass is 531 g/mol. The molecule has 1 N–H and O–H groups in total. The van der Waals surface area contributed by atoms with Crippen LogP contribution in [-0.2, 0) is 22.3 Å². The summed E-state index contributed by atoms with van der Waals surface area (Å²) in [6, 6.07) is 14.3. The van der Waals surface area contributed by atoms with E-state index < -0.39 is 35.2 Å². The number of nitrogens with zero attached hydrogens (tertiary/aromatic N) is 1. The summed E-state index contributed by atoms with van der Waals surface area (Å²) in [5.74, 6) is -1.76. The number of hydrogen-bond donors (Lipinski definition) is 1. The summed E-state index contributed by atoms with van der Waals surface area (Å²) >= 11 is 6.08. The van der Waals surface area contributed by atoms with E-state index in [1.54, 1.807) is 24.3 Å². The number of rotatable bonds is 6. The molecular weight excluding hydrogens is 511 g/mol. The molecular formula is C27H21ClF3NO5. The van der Waals surface area contributed by atoms with Crippen molar-refractivity contribution in [2.24, 2.45) is 0 Å². The maximum absolute atomic E-state index is 13.3. The summed E-state index contributed by atoms with van der Waals surface area (Å²) in [7, 11) is 2.83. The molecule has 37 heavy (non-hydrogen) atoms. The first-order chi connectivity index (χ1) is 17.5. The van der Waals surface area contributed by atoms with E-state index in [4.69, 9.17) is 21.1 Å². The van der Waals surface area contributed by atoms with Crippen molar-refractivity contribution in [2.45, 2.75) is 18.8 Å².